The van der Waals surface area contributed by atoms with Gasteiger partial charge < -0.3 is 0 Å². The molecule has 1 aromatic rings. The van der Waals surface area contributed by atoms with Crippen molar-refractivity contribution < 1.29 is 0 Å². The molecule has 52 valence electrons. The van der Waals surface area contributed by atoms with Gasteiger partial charge in [-0.05, 0) is 18.2 Å². The van der Waals surface area contributed by atoms with Gasteiger partial charge in [0.2, 0.25) is 0 Å². The second-order valence-corrected chi connectivity index (χ2v) is 2.59. The Morgan fingerprint density at radius 3 is 1.90 bits per heavy atom. The van der Waals surface area contributed by atoms with Gasteiger partial charge in [0, 0.05) is 27.2 Å². The zero-order valence-electron chi connectivity index (χ0n) is 6.81. The summed E-state index contributed by atoms with van der Waals surface area (Å²) in [5.74, 6) is 0. The fourth-order valence-corrected chi connectivity index (χ4v) is 1.28. The molecule has 1 aromatic carbocycles. The van der Waals surface area contributed by atoms with Crippen LogP contribution in [-0.2, 0) is 0 Å². The van der Waals surface area contributed by atoms with Crippen LogP contribution in [0.15, 0.2) is 18.2 Å². The number of aryl methyl sites for hydroxylation is 2. The molecule has 0 aliphatic rings. The molecule has 0 amide bonds. The lowest BCUT2D eigenvalue weighted by Crippen LogP contribution is -1.87. The number of hydrogen-bond acceptors (Lipinski definition) is 0. The molecule has 0 N–H and O–H groups in total. The molecule has 0 spiro atoms. The summed E-state index contributed by atoms with van der Waals surface area (Å²) in [4.78, 5) is 0. The van der Waals surface area contributed by atoms with Crippen LogP contribution in [0.2, 0.25) is 0 Å². The van der Waals surface area contributed by atoms with Crippen LogP contribution in [0.5, 0.6) is 0 Å². The third kappa shape index (κ3) is 1.15. The molecule has 0 bridgehead atoms. The number of hydrogen-bond donors (Lipinski definition) is 0. The van der Waals surface area contributed by atoms with Gasteiger partial charge >= 0.3 is 0 Å². The zero-order chi connectivity index (χ0) is 7.56. The van der Waals surface area contributed by atoms with Gasteiger partial charge in [-0.25, -0.2) is 0 Å². The van der Waals surface area contributed by atoms with Crippen LogP contribution in [-0.4, -0.2) is 0 Å². The standard InChI is InChI=1S/C10H13/c1-4-10-8(2)6-5-7-9(10)3/h4-7H,1-3H3/q+1. The Morgan fingerprint density at radius 1 is 1.10 bits per heavy atom. The highest BCUT2D eigenvalue weighted by molar-refractivity contribution is 5.37. The molecule has 0 aliphatic carbocycles. The second kappa shape index (κ2) is 2.78. The minimum atomic E-state index is 1.36. The van der Waals surface area contributed by atoms with Crippen LogP contribution < -0.4 is 0 Å². The summed E-state index contributed by atoms with van der Waals surface area (Å²) in [5, 5.41) is 0. The molecule has 0 unspecified atom stereocenters. The predicted octanol–water partition coefficient (Wildman–Crippen LogP) is 2.88. The van der Waals surface area contributed by atoms with Crippen molar-refractivity contribution in [3.05, 3.63) is 41.3 Å². The molecular weight excluding hydrogens is 120 g/mol. The van der Waals surface area contributed by atoms with Gasteiger partial charge in [0.1, 0.15) is 5.56 Å². The van der Waals surface area contributed by atoms with Gasteiger partial charge in [0.05, 0.1) is 11.1 Å². The third-order valence-corrected chi connectivity index (χ3v) is 1.83. The summed E-state index contributed by atoms with van der Waals surface area (Å²) < 4.78 is 0. The Labute approximate surface area is 62.9 Å². The smallest absolute Gasteiger partial charge is 0.0351 e. The van der Waals surface area contributed by atoms with E-state index in [9.17, 15) is 0 Å². The lowest BCUT2D eigenvalue weighted by atomic mass is 10.0. The molecule has 10 heavy (non-hydrogen) atoms. The highest BCUT2D eigenvalue weighted by Crippen LogP contribution is 2.14. The van der Waals surface area contributed by atoms with Crippen molar-refractivity contribution in [1.82, 2.24) is 0 Å². The van der Waals surface area contributed by atoms with E-state index < -0.39 is 0 Å². The Hall–Kier alpha value is -0.910. The second-order valence-electron chi connectivity index (χ2n) is 2.59. The summed E-state index contributed by atoms with van der Waals surface area (Å²) in [6.45, 7) is 6.36. The van der Waals surface area contributed by atoms with E-state index >= 15 is 0 Å². The molecule has 0 saturated heterocycles. The van der Waals surface area contributed by atoms with Crippen molar-refractivity contribution >= 4 is 0 Å². The van der Waals surface area contributed by atoms with E-state index in [0.29, 0.717) is 0 Å². The van der Waals surface area contributed by atoms with Gasteiger partial charge in [0.25, 0.3) is 0 Å². The predicted molar refractivity (Wildman–Crippen MR) is 45.0 cm³/mol. The highest BCUT2D eigenvalue weighted by atomic mass is 14.0. The van der Waals surface area contributed by atoms with E-state index in [0.717, 1.165) is 0 Å². The first-order valence-corrected chi connectivity index (χ1v) is 3.61. The first-order chi connectivity index (χ1) is 4.75. The lowest BCUT2D eigenvalue weighted by Gasteiger charge is -1.95. The minimum absolute atomic E-state index is 1.36. The zero-order valence-corrected chi connectivity index (χ0v) is 6.81. The first-order valence-electron chi connectivity index (χ1n) is 3.61. The van der Waals surface area contributed by atoms with E-state index in [2.05, 4.69) is 45.4 Å². The molecule has 0 radical (unpaired) electrons. The Morgan fingerprint density at radius 2 is 1.60 bits per heavy atom. The van der Waals surface area contributed by atoms with Crippen molar-refractivity contribution in [2.45, 2.75) is 20.8 Å². The van der Waals surface area contributed by atoms with E-state index in [4.69, 9.17) is 0 Å². The van der Waals surface area contributed by atoms with Crippen molar-refractivity contribution in [1.29, 1.82) is 0 Å². The van der Waals surface area contributed by atoms with E-state index in [1.54, 1.807) is 0 Å². The van der Waals surface area contributed by atoms with Crippen molar-refractivity contribution in [2.75, 3.05) is 0 Å². The van der Waals surface area contributed by atoms with Gasteiger partial charge in [-0.1, -0.05) is 0 Å². The summed E-state index contributed by atoms with van der Waals surface area (Å²) in [6, 6.07) is 6.38. The fourth-order valence-electron chi connectivity index (χ4n) is 1.28. The summed E-state index contributed by atoms with van der Waals surface area (Å²) in [6.07, 6.45) is 2.16. The summed E-state index contributed by atoms with van der Waals surface area (Å²) in [5.41, 5.74) is 4.10. The Kier molecular flexibility index (Phi) is 2.00. The topological polar surface area (TPSA) is 0 Å². The van der Waals surface area contributed by atoms with Crippen LogP contribution in [0.3, 0.4) is 0 Å². The molecular formula is C10H13+. The van der Waals surface area contributed by atoms with Crippen LogP contribution in [0, 0.1) is 20.3 Å². The number of benzene rings is 1. The summed E-state index contributed by atoms with van der Waals surface area (Å²) >= 11 is 0. The summed E-state index contributed by atoms with van der Waals surface area (Å²) in [7, 11) is 0. The van der Waals surface area contributed by atoms with Crippen molar-refractivity contribution in [3.8, 4) is 0 Å². The van der Waals surface area contributed by atoms with E-state index in [1.165, 1.54) is 16.7 Å². The molecule has 0 heterocycles. The average molecular weight is 133 g/mol. The lowest BCUT2D eigenvalue weighted by molar-refractivity contribution is 1.26. The molecule has 0 aromatic heterocycles. The first kappa shape index (κ1) is 7.20. The molecule has 0 aliphatic heterocycles. The molecule has 0 atom stereocenters. The number of rotatable bonds is 1. The van der Waals surface area contributed by atoms with E-state index in [-0.39, 0.29) is 0 Å². The SMILES string of the molecule is C[CH+]c1c(C)cccc1C. The third-order valence-electron chi connectivity index (χ3n) is 1.83. The molecule has 0 heteroatoms. The minimum Gasteiger partial charge on any atom is -0.0351 e. The Balaban J connectivity index is 3.17. The van der Waals surface area contributed by atoms with Gasteiger partial charge in [-0.3, -0.25) is 0 Å². The quantitative estimate of drug-likeness (QED) is 0.517. The molecule has 0 nitrogen and oxygen atoms in total. The maximum atomic E-state index is 2.16. The highest BCUT2D eigenvalue weighted by Gasteiger charge is 2.06. The largest absolute Gasteiger partial charge is 0.134 e. The maximum Gasteiger partial charge on any atom is 0.134 e. The van der Waals surface area contributed by atoms with Gasteiger partial charge in [-0.15, -0.1) is 0 Å². The molecule has 0 saturated carbocycles. The van der Waals surface area contributed by atoms with Crippen molar-refractivity contribution in [2.24, 2.45) is 0 Å². The van der Waals surface area contributed by atoms with Crippen LogP contribution in [0.1, 0.15) is 23.6 Å². The Bertz CT molecular complexity index is 203. The average Bonchev–Trinajstić information content (AvgIpc) is 1.88. The van der Waals surface area contributed by atoms with Crippen LogP contribution in [0.4, 0.5) is 0 Å². The fraction of sp³-hybridized carbons (Fsp3) is 0.300. The van der Waals surface area contributed by atoms with Crippen molar-refractivity contribution in [3.63, 3.8) is 0 Å². The monoisotopic (exact) mass is 133 g/mol. The maximum absolute atomic E-state index is 2.16. The molecule has 0 fully saturated rings. The van der Waals surface area contributed by atoms with E-state index in [1.807, 2.05) is 0 Å². The van der Waals surface area contributed by atoms with Crippen LogP contribution in [0.25, 0.3) is 0 Å². The van der Waals surface area contributed by atoms with Crippen LogP contribution >= 0.6 is 0 Å². The van der Waals surface area contributed by atoms with Gasteiger partial charge in [-0.2, -0.15) is 0 Å². The normalized spacial score (nSPS) is 9.50. The molecule has 1 rings (SSSR count). The van der Waals surface area contributed by atoms with Gasteiger partial charge in [0.15, 0.2) is 0 Å².